The number of benzene rings is 1. The van der Waals surface area contributed by atoms with Gasteiger partial charge >= 0.3 is 0 Å². The summed E-state index contributed by atoms with van der Waals surface area (Å²) in [5, 5.41) is 3.37. The monoisotopic (exact) mass is 359 g/mol. The molecule has 128 valence electrons. The maximum atomic E-state index is 13.8. The first-order valence-electron chi connectivity index (χ1n) is 7.60. The van der Waals surface area contributed by atoms with Crippen molar-refractivity contribution in [1.82, 2.24) is 15.3 Å². The van der Waals surface area contributed by atoms with Crippen LogP contribution in [0.1, 0.15) is 33.9 Å². The number of nitrogens with one attached hydrogen (secondary N) is 1. The molecule has 0 saturated heterocycles. The summed E-state index contributed by atoms with van der Waals surface area (Å²) in [7, 11) is 0. The summed E-state index contributed by atoms with van der Waals surface area (Å²) in [6, 6.07) is 8.15. The van der Waals surface area contributed by atoms with Gasteiger partial charge in [0, 0.05) is 17.8 Å². The van der Waals surface area contributed by atoms with Crippen molar-refractivity contribution in [3.8, 4) is 10.7 Å². The Kier molecular flexibility index (Phi) is 4.85. The number of hydrogen-bond donors (Lipinski definition) is 1. The standard InChI is InChI=1S/C18H15F2N3OS/c1-10(13-7-6-12(19)9-14(13)20)22-17(24)16-11(2)23-18(25-16)15-5-3-4-8-21-15/h3-10H,1-2H3,(H,22,24)/t10-/m0/s1. The van der Waals surface area contributed by atoms with Crippen LogP contribution in [0.25, 0.3) is 10.7 Å². The molecule has 3 aromatic rings. The van der Waals surface area contributed by atoms with Crippen LogP contribution in [0.5, 0.6) is 0 Å². The Morgan fingerprint density at radius 3 is 2.72 bits per heavy atom. The molecule has 1 N–H and O–H groups in total. The van der Waals surface area contributed by atoms with Gasteiger partial charge in [0.2, 0.25) is 0 Å². The van der Waals surface area contributed by atoms with Gasteiger partial charge in [-0.25, -0.2) is 13.8 Å². The summed E-state index contributed by atoms with van der Waals surface area (Å²) < 4.78 is 26.9. The molecule has 2 aromatic heterocycles. The molecule has 25 heavy (non-hydrogen) atoms. The highest BCUT2D eigenvalue weighted by atomic mass is 32.1. The molecule has 0 bridgehead atoms. The third-order valence-corrected chi connectivity index (χ3v) is 4.84. The first-order chi connectivity index (χ1) is 12.0. The summed E-state index contributed by atoms with van der Waals surface area (Å²) in [6.07, 6.45) is 1.66. The molecular weight excluding hydrogens is 344 g/mol. The van der Waals surface area contributed by atoms with E-state index in [1.54, 1.807) is 26.1 Å². The second-order valence-corrected chi connectivity index (χ2v) is 6.51. The fraction of sp³-hybridized carbons (Fsp3) is 0.167. The minimum absolute atomic E-state index is 0.224. The quantitative estimate of drug-likeness (QED) is 0.756. The first kappa shape index (κ1) is 17.2. The number of amides is 1. The van der Waals surface area contributed by atoms with E-state index >= 15 is 0 Å². The summed E-state index contributed by atoms with van der Waals surface area (Å²) in [4.78, 5) is 21.6. The maximum Gasteiger partial charge on any atom is 0.263 e. The van der Waals surface area contributed by atoms with Gasteiger partial charge in [0.15, 0.2) is 0 Å². The van der Waals surface area contributed by atoms with Gasteiger partial charge in [-0.1, -0.05) is 12.1 Å². The Bertz CT molecular complexity index is 912. The molecule has 2 heterocycles. The maximum absolute atomic E-state index is 13.8. The lowest BCUT2D eigenvalue weighted by atomic mass is 10.1. The highest BCUT2D eigenvalue weighted by Gasteiger charge is 2.20. The Morgan fingerprint density at radius 2 is 2.04 bits per heavy atom. The van der Waals surface area contributed by atoms with Crippen molar-refractivity contribution in [2.75, 3.05) is 0 Å². The van der Waals surface area contributed by atoms with Crippen molar-refractivity contribution < 1.29 is 13.6 Å². The van der Waals surface area contributed by atoms with Gasteiger partial charge in [0.05, 0.1) is 17.4 Å². The Hall–Kier alpha value is -2.67. The molecule has 0 saturated carbocycles. The third-order valence-electron chi connectivity index (χ3n) is 3.66. The average molecular weight is 359 g/mol. The highest BCUT2D eigenvalue weighted by molar-refractivity contribution is 7.17. The Labute approximate surface area is 147 Å². The van der Waals surface area contributed by atoms with Gasteiger partial charge in [0.1, 0.15) is 21.5 Å². The number of halogens is 2. The number of aromatic nitrogens is 2. The number of pyridine rings is 1. The molecule has 0 aliphatic heterocycles. The van der Waals surface area contributed by atoms with Crippen molar-refractivity contribution in [2.24, 2.45) is 0 Å². The van der Waals surface area contributed by atoms with Crippen LogP contribution in [0.15, 0.2) is 42.6 Å². The van der Waals surface area contributed by atoms with E-state index in [4.69, 9.17) is 0 Å². The Balaban J connectivity index is 1.80. The lowest BCUT2D eigenvalue weighted by Crippen LogP contribution is -2.27. The molecule has 1 aromatic carbocycles. The van der Waals surface area contributed by atoms with E-state index in [2.05, 4.69) is 15.3 Å². The van der Waals surface area contributed by atoms with Crippen molar-refractivity contribution in [2.45, 2.75) is 19.9 Å². The largest absolute Gasteiger partial charge is 0.345 e. The zero-order chi connectivity index (χ0) is 18.0. The van der Waals surface area contributed by atoms with Crippen LogP contribution >= 0.6 is 11.3 Å². The number of carbonyl (C=O) groups is 1. The minimum Gasteiger partial charge on any atom is -0.345 e. The van der Waals surface area contributed by atoms with Gasteiger partial charge in [-0.05, 0) is 32.0 Å². The van der Waals surface area contributed by atoms with E-state index < -0.39 is 17.7 Å². The van der Waals surface area contributed by atoms with Gasteiger partial charge in [0.25, 0.3) is 5.91 Å². The lowest BCUT2D eigenvalue weighted by molar-refractivity contribution is 0.0942. The van der Waals surface area contributed by atoms with Gasteiger partial charge in [-0.15, -0.1) is 11.3 Å². The fourth-order valence-corrected chi connectivity index (χ4v) is 3.34. The number of aryl methyl sites for hydroxylation is 1. The second kappa shape index (κ2) is 7.06. The summed E-state index contributed by atoms with van der Waals surface area (Å²) >= 11 is 1.23. The fourth-order valence-electron chi connectivity index (χ4n) is 2.40. The summed E-state index contributed by atoms with van der Waals surface area (Å²) in [5.41, 5.74) is 1.49. The second-order valence-electron chi connectivity index (χ2n) is 5.51. The molecule has 0 aliphatic carbocycles. The molecule has 4 nitrogen and oxygen atoms in total. The van der Waals surface area contributed by atoms with Crippen LogP contribution in [-0.4, -0.2) is 15.9 Å². The molecule has 1 atom stereocenters. The van der Waals surface area contributed by atoms with E-state index in [1.165, 1.54) is 17.4 Å². The molecule has 0 fully saturated rings. The van der Waals surface area contributed by atoms with Crippen LogP contribution in [0.2, 0.25) is 0 Å². The summed E-state index contributed by atoms with van der Waals surface area (Å²) in [6.45, 7) is 3.38. The lowest BCUT2D eigenvalue weighted by Gasteiger charge is -2.14. The topological polar surface area (TPSA) is 54.9 Å². The number of rotatable bonds is 4. The molecule has 0 aliphatic rings. The van der Waals surface area contributed by atoms with E-state index in [-0.39, 0.29) is 11.5 Å². The third kappa shape index (κ3) is 3.71. The van der Waals surface area contributed by atoms with Crippen LogP contribution in [0.3, 0.4) is 0 Å². The number of nitrogens with zero attached hydrogens (tertiary/aromatic N) is 2. The average Bonchev–Trinajstić information content (AvgIpc) is 2.97. The van der Waals surface area contributed by atoms with Crippen LogP contribution in [-0.2, 0) is 0 Å². The van der Waals surface area contributed by atoms with Crippen LogP contribution in [0.4, 0.5) is 8.78 Å². The molecule has 3 rings (SSSR count). The predicted molar refractivity (Wildman–Crippen MR) is 92.3 cm³/mol. The van der Waals surface area contributed by atoms with Crippen molar-refractivity contribution in [1.29, 1.82) is 0 Å². The van der Waals surface area contributed by atoms with Gasteiger partial charge in [-0.3, -0.25) is 9.78 Å². The van der Waals surface area contributed by atoms with Crippen LogP contribution < -0.4 is 5.32 Å². The molecule has 0 spiro atoms. The molecule has 1 amide bonds. The van der Waals surface area contributed by atoms with E-state index in [9.17, 15) is 13.6 Å². The zero-order valence-electron chi connectivity index (χ0n) is 13.6. The smallest absolute Gasteiger partial charge is 0.263 e. The molecule has 7 heteroatoms. The minimum atomic E-state index is -0.692. The van der Waals surface area contributed by atoms with Gasteiger partial charge in [-0.2, -0.15) is 0 Å². The highest BCUT2D eigenvalue weighted by Crippen LogP contribution is 2.27. The molecule has 0 radical (unpaired) electrons. The van der Waals surface area contributed by atoms with Crippen molar-refractivity contribution in [3.63, 3.8) is 0 Å². The van der Waals surface area contributed by atoms with E-state index in [1.807, 2.05) is 12.1 Å². The first-order valence-corrected chi connectivity index (χ1v) is 8.42. The van der Waals surface area contributed by atoms with E-state index in [0.29, 0.717) is 21.3 Å². The van der Waals surface area contributed by atoms with Gasteiger partial charge < -0.3 is 5.32 Å². The van der Waals surface area contributed by atoms with E-state index in [0.717, 1.165) is 12.1 Å². The van der Waals surface area contributed by atoms with Crippen LogP contribution in [0, 0.1) is 18.6 Å². The molecular formula is C18H15F2N3OS. The predicted octanol–water partition coefficient (Wildman–Crippen LogP) is 4.28. The Morgan fingerprint density at radius 1 is 1.24 bits per heavy atom. The normalized spacial score (nSPS) is 12.0. The SMILES string of the molecule is Cc1nc(-c2ccccn2)sc1C(=O)N[C@@H](C)c1ccc(F)cc1F. The number of thiazole rings is 1. The molecule has 0 unspecified atom stereocenters. The summed E-state index contributed by atoms with van der Waals surface area (Å²) in [5.74, 6) is -1.70. The van der Waals surface area contributed by atoms with Crippen molar-refractivity contribution in [3.05, 3.63) is 70.4 Å². The number of carbonyl (C=O) groups excluding carboxylic acids is 1. The van der Waals surface area contributed by atoms with Crippen molar-refractivity contribution >= 4 is 17.2 Å². The number of hydrogen-bond acceptors (Lipinski definition) is 4. The zero-order valence-corrected chi connectivity index (χ0v) is 14.4.